The normalized spacial score (nSPS) is 14.5. The third-order valence-electron chi connectivity index (χ3n) is 4.34. The molecule has 4 rings (SSSR count). The van der Waals surface area contributed by atoms with Crippen LogP contribution < -0.4 is 4.74 Å². The highest BCUT2D eigenvalue weighted by Gasteiger charge is 2.33. The van der Waals surface area contributed by atoms with Crippen LogP contribution in [-0.4, -0.2) is 35.0 Å². The van der Waals surface area contributed by atoms with Crippen LogP contribution in [-0.2, 0) is 0 Å². The fraction of sp³-hybridized carbons (Fsp3) is 0.200. The number of amides is 1. The van der Waals surface area contributed by atoms with Crippen LogP contribution in [0.3, 0.4) is 0 Å². The van der Waals surface area contributed by atoms with Crippen LogP contribution in [0.2, 0.25) is 0 Å². The maximum Gasteiger partial charge on any atom is 0.254 e. The van der Waals surface area contributed by atoms with Crippen molar-refractivity contribution in [1.82, 2.24) is 9.88 Å². The molecule has 0 saturated carbocycles. The van der Waals surface area contributed by atoms with Crippen molar-refractivity contribution in [2.45, 2.75) is 13.0 Å². The second kappa shape index (κ2) is 5.96. The van der Waals surface area contributed by atoms with Crippen molar-refractivity contribution in [3.8, 4) is 5.75 Å². The molecule has 1 fully saturated rings. The van der Waals surface area contributed by atoms with E-state index in [1.165, 1.54) is 5.56 Å². The number of hydrogen-bond donors (Lipinski definition) is 0. The Bertz CT molecular complexity index is 896. The summed E-state index contributed by atoms with van der Waals surface area (Å²) >= 11 is 0. The van der Waals surface area contributed by atoms with Gasteiger partial charge in [0.05, 0.1) is 13.1 Å². The number of pyridine rings is 1. The van der Waals surface area contributed by atoms with E-state index in [1.807, 2.05) is 60.4 Å². The molecule has 2 aromatic carbocycles. The first-order valence-electron chi connectivity index (χ1n) is 8.06. The third kappa shape index (κ3) is 2.71. The Morgan fingerprint density at radius 1 is 1.17 bits per heavy atom. The van der Waals surface area contributed by atoms with Crippen molar-refractivity contribution < 1.29 is 9.53 Å². The lowest BCUT2D eigenvalue weighted by molar-refractivity contribution is 0.0179. The quantitative estimate of drug-likeness (QED) is 0.743. The van der Waals surface area contributed by atoms with E-state index in [0.29, 0.717) is 13.1 Å². The molecule has 0 unspecified atom stereocenters. The van der Waals surface area contributed by atoms with Crippen LogP contribution in [0, 0.1) is 6.92 Å². The number of nitrogens with zero attached hydrogens (tertiary/aromatic N) is 2. The number of carbonyl (C=O) groups is 1. The maximum atomic E-state index is 12.7. The molecule has 0 bridgehead atoms. The zero-order valence-corrected chi connectivity index (χ0v) is 13.5. The Balaban J connectivity index is 1.45. The lowest BCUT2D eigenvalue weighted by atomic mass is 10.0. The summed E-state index contributed by atoms with van der Waals surface area (Å²) in [5.41, 5.74) is 1.90. The van der Waals surface area contributed by atoms with Gasteiger partial charge in [-0.2, -0.15) is 0 Å². The average Bonchev–Trinajstić information content (AvgIpc) is 2.57. The Labute approximate surface area is 140 Å². The number of carbonyl (C=O) groups excluding carboxylic acids is 1. The number of hydrogen-bond acceptors (Lipinski definition) is 3. The van der Waals surface area contributed by atoms with Gasteiger partial charge in [-0.1, -0.05) is 24.3 Å². The molecule has 3 aromatic rings. The van der Waals surface area contributed by atoms with Crippen LogP contribution in [0.25, 0.3) is 10.8 Å². The van der Waals surface area contributed by atoms with Gasteiger partial charge >= 0.3 is 0 Å². The first kappa shape index (κ1) is 14.7. The first-order chi connectivity index (χ1) is 11.7. The van der Waals surface area contributed by atoms with E-state index in [0.717, 1.165) is 22.1 Å². The Morgan fingerprint density at radius 3 is 2.83 bits per heavy atom. The fourth-order valence-corrected chi connectivity index (χ4v) is 3.04. The van der Waals surface area contributed by atoms with Gasteiger partial charge in [-0.05, 0) is 42.1 Å². The van der Waals surface area contributed by atoms with E-state index < -0.39 is 0 Å². The molecule has 0 radical (unpaired) electrons. The monoisotopic (exact) mass is 318 g/mol. The van der Waals surface area contributed by atoms with Crippen molar-refractivity contribution in [3.63, 3.8) is 0 Å². The molecule has 4 heteroatoms. The molecule has 0 N–H and O–H groups in total. The van der Waals surface area contributed by atoms with Crippen molar-refractivity contribution in [2.24, 2.45) is 0 Å². The summed E-state index contributed by atoms with van der Waals surface area (Å²) in [6.45, 7) is 3.28. The predicted molar refractivity (Wildman–Crippen MR) is 93.2 cm³/mol. The van der Waals surface area contributed by atoms with E-state index in [9.17, 15) is 4.79 Å². The van der Waals surface area contributed by atoms with Gasteiger partial charge in [0.2, 0.25) is 0 Å². The van der Waals surface area contributed by atoms with E-state index >= 15 is 0 Å². The number of aromatic nitrogens is 1. The topological polar surface area (TPSA) is 42.4 Å². The van der Waals surface area contributed by atoms with Gasteiger partial charge in [-0.15, -0.1) is 0 Å². The summed E-state index contributed by atoms with van der Waals surface area (Å²) in [4.78, 5) is 18.7. The maximum absolute atomic E-state index is 12.7. The molecule has 2 heterocycles. The highest BCUT2D eigenvalue weighted by molar-refractivity contribution is 6.07. The lowest BCUT2D eigenvalue weighted by Crippen LogP contribution is -2.56. The summed E-state index contributed by atoms with van der Waals surface area (Å²) < 4.78 is 5.93. The Morgan fingerprint density at radius 2 is 2.00 bits per heavy atom. The van der Waals surface area contributed by atoms with Gasteiger partial charge in [0.1, 0.15) is 11.9 Å². The van der Waals surface area contributed by atoms with Crippen LogP contribution in [0.5, 0.6) is 5.75 Å². The second-order valence-electron chi connectivity index (χ2n) is 6.17. The minimum atomic E-state index is 0.0518. The molecule has 1 amide bonds. The summed E-state index contributed by atoms with van der Waals surface area (Å²) in [6, 6.07) is 15.6. The molecule has 4 nitrogen and oxygen atoms in total. The Kier molecular flexibility index (Phi) is 3.65. The number of likely N-dealkylation sites (tertiary alicyclic amines) is 1. The molecule has 24 heavy (non-hydrogen) atoms. The van der Waals surface area contributed by atoms with Crippen LogP contribution in [0.4, 0.5) is 0 Å². The number of ether oxygens (including phenoxy) is 1. The number of rotatable bonds is 3. The van der Waals surface area contributed by atoms with Gasteiger partial charge in [0, 0.05) is 23.3 Å². The van der Waals surface area contributed by atoms with Crippen LogP contribution in [0.15, 0.2) is 60.9 Å². The van der Waals surface area contributed by atoms with Gasteiger partial charge in [0.25, 0.3) is 5.91 Å². The highest BCUT2D eigenvalue weighted by Crippen LogP contribution is 2.24. The Hall–Kier alpha value is -2.88. The highest BCUT2D eigenvalue weighted by atomic mass is 16.5. The molecule has 1 aliphatic rings. The van der Waals surface area contributed by atoms with Crippen molar-refractivity contribution in [3.05, 3.63) is 72.1 Å². The first-order valence-corrected chi connectivity index (χ1v) is 8.06. The zero-order chi connectivity index (χ0) is 16.5. The molecule has 1 saturated heterocycles. The van der Waals surface area contributed by atoms with Crippen LogP contribution >= 0.6 is 0 Å². The SMILES string of the molecule is Cc1cccc(OC2CN(C(=O)c3cccc4cnccc34)C2)c1. The predicted octanol–water partition coefficient (Wildman–Crippen LogP) is 3.45. The number of aryl methyl sites for hydroxylation is 1. The smallest absolute Gasteiger partial charge is 0.254 e. The van der Waals surface area contributed by atoms with Crippen LogP contribution in [0.1, 0.15) is 15.9 Å². The van der Waals surface area contributed by atoms with Crippen molar-refractivity contribution >= 4 is 16.7 Å². The van der Waals surface area contributed by atoms with Crippen molar-refractivity contribution in [1.29, 1.82) is 0 Å². The summed E-state index contributed by atoms with van der Waals surface area (Å²) in [7, 11) is 0. The standard InChI is InChI=1S/C20H18N2O2/c1-14-4-2-6-16(10-14)24-17-12-22(13-17)20(23)19-7-3-5-15-11-21-9-8-18(15)19/h2-11,17H,12-13H2,1H3. The number of benzene rings is 2. The molecule has 1 aliphatic heterocycles. The summed E-state index contributed by atoms with van der Waals surface area (Å²) in [5, 5.41) is 1.93. The van der Waals surface area contributed by atoms with Gasteiger partial charge in [-0.3, -0.25) is 9.78 Å². The summed E-state index contributed by atoms with van der Waals surface area (Å²) in [5.74, 6) is 0.916. The molecule has 0 spiro atoms. The van der Waals surface area contributed by atoms with Gasteiger partial charge < -0.3 is 9.64 Å². The molecule has 0 aliphatic carbocycles. The average molecular weight is 318 g/mol. The van der Waals surface area contributed by atoms with E-state index in [4.69, 9.17) is 4.74 Å². The zero-order valence-electron chi connectivity index (χ0n) is 13.5. The third-order valence-corrected chi connectivity index (χ3v) is 4.34. The fourth-order valence-electron chi connectivity index (χ4n) is 3.04. The van der Waals surface area contributed by atoms with E-state index in [2.05, 4.69) is 4.98 Å². The van der Waals surface area contributed by atoms with Gasteiger partial charge in [0.15, 0.2) is 0 Å². The molecule has 0 atom stereocenters. The lowest BCUT2D eigenvalue weighted by Gasteiger charge is -2.39. The largest absolute Gasteiger partial charge is 0.487 e. The van der Waals surface area contributed by atoms with Gasteiger partial charge in [-0.25, -0.2) is 0 Å². The minimum absolute atomic E-state index is 0.0518. The summed E-state index contributed by atoms with van der Waals surface area (Å²) in [6.07, 6.45) is 3.57. The molecule has 120 valence electrons. The molecular weight excluding hydrogens is 300 g/mol. The second-order valence-corrected chi connectivity index (χ2v) is 6.17. The van der Waals surface area contributed by atoms with E-state index in [1.54, 1.807) is 12.4 Å². The van der Waals surface area contributed by atoms with Crippen molar-refractivity contribution in [2.75, 3.05) is 13.1 Å². The molecular formula is C20H18N2O2. The number of fused-ring (bicyclic) bond motifs is 1. The van der Waals surface area contributed by atoms with E-state index in [-0.39, 0.29) is 12.0 Å². The minimum Gasteiger partial charge on any atom is -0.487 e. The molecule has 1 aromatic heterocycles.